The smallest absolute Gasteiger partial charge is 0.342 e. The fourth-order valence-electron chi connectivity index (χ4n) is 3.09. The number of nitrogens with one attached hydrogen (secondary N) is 1. The number of halogens is 4. The maximum atomic E-state index is 13.2. The van der Waals surface area contributed by atoms with Gasteiger partial charge < -0.3 is 4.57 Å². The third-order valence-corrected chi connectivity index (χ3v) is 4.56. The lowest BCUT2D eigenvalue weighted by molar-refractivity contribution is -0.137. The van der Waals surface area contributed by atoms with Gasteiger partial charge >= 0.3 is 6.18 Å². The van der Waals surface area contributed by atoms with Crippen LogP contribution in [0.5, 0.6) is 0 Å². The zero-order chi connectivity index (χ0) is 21.1. The van der Waals surface area contributed by atoms with Crippen LogP contribution in [0.1, 0.15) is 16.7 Å². The van der Waals surface area contributed by atoms with E-state index in [0.717, 1.165) is 34.3 Å². The molecule has 2 aromatic heterocycles. The van der Waals surface area contributed by atoms with Gasteiger partial charge in [0.15, 0.2) is 0 Å². The third-order valence-electron chi connectivity index (χ3n) is 4.56. The van der Waals surface area contributed by atoms with E-state index >= 15 is 0 Å². The van der Waals surface area contributed by atoms with Crippen LogP contribution in [0, 0.1) is 5.82 Å². The number of pyridine rings is 1. The van der Waals surface area contributed by atoms with E-state index < -0.39 is 11.7 Å². The number of benzene rings is 2. The molecule has 30 heavy (non-hydrogen) atoms. The van der Waals surface area contributed by atoms with E-state index in [2.05, 4.69) is 15.5 Å². The number of para-hydroxylation sites is 1. The molecule has 4 aromatic rings. The summed E-state index contributed by atoms with van der Waals surface area (Å²) in [5, 5.41) is 5.07. The molecular weight excluding hydrogens is 396 g/mol. The molecule has 4 nitrogen and oxygen atoms in total. The van der Waals surface area contributed by atoms with E-state index in [0.29, 0.717) is 6.54 Å². The molecule has 152 valence electrons. The van der Waals surface area contributed by atoms with Gasteiger partial charge in [-0.15, -0.1) is 0 Å². The number of hydrazone groups is 1. The molecule has 8 heteroatoms. The number of hydrogen-bond donors (Lipinski definition) is 1. The predicted molar refractivity (Wildman–Crippen MR) is 108 cm³/mol. The molecular formula is C22H16F4N4. The minimum Gasteiger partial charge on any atom is -0.342 e. The Hall–Kier alpha value is -3.68. The van der Waals surface area contributed by atoms with E-state index in [1.54, 1.807) is 18.3 Å². The van der Waals surface area contributed by atoms with Gasteiger partial charge in [0.25, 0.3) is 0 Å². The summed E-state index contributed by atoms with van der Waals surface area (Å²) in [7, 11) is 0. The molecule has 0 fully saturated rings. The Morgan fingerprint density at radius 3 is 2.47 bits per heavy atom. The largest absolute Gasteiger partial charge is 0.417 e. The number of alkyl halides is 3. The average molecular weight is 412 g/mol. The van der Waals surface area contributed by atoms with E-state index in [4.69, 9.17) is 0 Å². The first-order chi connectivity index (χ1) is 14.4. The van der Waals surface area contributed by atoms with Crippen LogP contribution in [0.25, 0.3) is 10.9 Å². The highest BCUT2D eigenvalue weighted by Gasteiger charge is 2.30. The van der Waals surface area contributed by atoms with Crippen molar-refractivity contribution in [1.82, 2.24) is 9.55 Å². The molecule has 4 rings (SSSR count). The summed E-state index contributed by atoms with van der Waals surface area (Å²) in [5.74, 6) is -0.0822. The van der Waals surface area contributed by atoms with E-state index in [1.807, 2.05) is 35.0 Å². The number of fused-ring (bicyclic) bond motifs is 1. The normalized spacial score (nSPS) is 12.0. The Bertz CT molecular complexity index is 1180. The van der Waals surface area contributed by atoms with Crippen LogP contribution >= 0.6 is 0 Å². The van der Waals surface area contributed by atoms with Crippen molar-refractivity contribution in [2.24, 2.45) is 5.10 Å². The molecule has 0 amide bonds. The van der Waals surface area contributed by atoms with Crippen molar-refractivity contribution < 1.29 is 17.6 Å². The molecule has 0 aliphatic heterocycles. The average Bonchev–Trinajstić information content (AvgIpc) is 3.07. The second kappa shape index (κ2) is 7.98. The second-order valence-corrected chi connectivity index (χ2v) is 6.66. The molecule has 1 N–H and O–H groups in total. The van der Waals surface area contributed by atoms with Gasteiger partial charge in [0.1, 0.15) is 11.6 Å². The fourth-order valence-corrected chi connectivity index (χ4v) is 3.09. The summed E-state index contributed by atoms with van der Waals surface area (Å²) in [6.45, 7) is 0.558. The Balaban J connectivity index is 1.54. The summed E-state index contributed by atoms with van der Waals surface area (Å²) >= 11 is 0. The van der Waals surface area contributed by atoms with Crippen LogP contribution in [0.15, 0.2) is 78.2 Å². The molecule has 0 unspecified atom stereocenters. The Morgan fingerprint density at radius 1 is 1.00 bits per heavy atom. The summed E-state index contributed by atoms with van der Waals surface area (Å²) in [4.78, 5) is 3.73. The monoisotopic (exact) mass is 412 g/mol. The van der Waals surface area contributed by atoms with Gasteiger partial charge in [-0.25, -0.2) is 9.37 Å². The predicted octanol–water partition coefficient (Wildman–Crippen LogP) is 5.69. The summed E-state index contributed by atoms with van der Waals surface area (Å²) < 4.78 is 53.0. The lowest BCUT2D eigenvalue weighted by atomic mass is 10.2. The lowest BCUT2D eigenvalue weighted by Crippen LogP contribution is -2.05. The highest BCUT2D eigenvalue weighted by Crippen LogP contribution is 2.28. The van der Waals surface area contributed by atoms with Crippen molar-refractivity contribution in [2.45, 2.75) is 12.7 Å². The molecule has 0 atom stereocenters. The molecule has 0 spiro atoms. The first-order valence-electron chi connectivity index (χ1n) is 9.05. The lowest BCUT2D eigenvalue weighted by Gasteiger charge is -2.06. The highest BCUT2D eigenvalue weighted by molar-refractivity contribution is 5.99. The van der Waals surface area contributed by atoms with E-state index in [-0.39, 0.29) is 11.6 Å². The first kappa shape index (κ1) is 19.6. The fraction of sp³-hybridized carbons (Fsp3) is 0.0909. The maximum absolute atomic E-state index is 13.2. The summed E-state index contributed by atoms with van der Waals surface area (Å²) in [5.41, 5.74) is 4.58. The molecule has 2 aromatic carbocycles. The molecule has 2 heterocycles. The van der Waals surface area contributed by atoms with Gasteiger partial charge in [-0.3, -0.25) is 5.43 Å². The molecule has 0 aliphatic carbocycles. The topological polar surface area (TPSA) is 42.2 Å². The van der Waals surface area contributed by atoms with Gasteiger partial charge in [-0.05, 0) is 35.9 Å². The van der Waals surface area contributed by atoms with Crippen LogP contribution in [0.3, 0.4) is 0 Å². The van der Waals surface area contributed by atoms with Crippen molar-refractivity contribution in [3.63, 3.8) is 0 Å². The number of nitrogens with zero attached hydrogens (tertiary/aromatic N) is 3. The van der Waals surface area contributed by atoms with Crippen molar-refractivity contribution in [3.05, 3.63) is 95.6 Å². The minimum absolute atomic E-state index is 0.203. The number of rotatable bonds is 5. The van der Waals surface area contributed by atoms with Gasteiger partial charge in [-0.2, -0.15) is 18.3 Å². The van der Waals surface area contributed by atoms with Crippen LogP contribution < -0.4 is 5.43 Å². The highest BCUT2D eigenvalue weighted by atomic mass is 19.4. The maximum Gasteiger partial charge on any atom is 0.417 e. The second-order valence-electron chi connectivity index (χ2n) is 6.66. The van der Waals surface area contributed by atoms with Crippen molar-refractivity contribution in [1.29, 1.82) is 0 Å². The number of anilines is 1. The van der Waals surface area contributed by atoms with Gasteiger partial charge in [0.2, 0.25) is 0 Å². The van der Waals surface area contributed by atoms with Crippen LogP contribution in [-0.2, 0) is 12.7 Å². The number of hydrogen-bond acceptors (Lipinski definition) is 3. The van der Waals surface area contributed by atoms with Crippen molar-refractivity contribution in [2.75, 3.05) is 5.43 Å². The van der Waals surface area contributed by atoms with Gasteiger partial charge in [0.05, 0.1) is 11.8 Å². The van der Waals surface area contributed by atoms with Gasteiger partial charge in [0, 0.05) is 35.4 Å². The first-order valence-corrected chi connectivity index (χ1v) is 9.05. The molecule has 0 saturated carbocycles. The molecule has 0 aliphatic rings. The SMILES string of the molecule is Fc1ccc(Cn2cc(/C=N\Nc3ccc(C(F)(F)F)cn3)c3ccccc32)cc1. The van der Waals surface area contributed by atoms with E-state index in [1.165, 1.54) is 18.2 Å². The van der Waals surface area contributed by atoms with Crippen LogP contribution in [-0.4, -0.2) is 15.8 Å². The quantitative estimate of drug-likeness (QED) is 0.260. The Kier molecular flexibility index (Phi) is 5.22. The number of aromatic nitrogens is 2. The molecule has 0 radical (unpaired) electrons. The zero-order valence-corrected chi connectivity index (χ0v) is 15.6. The zero-order valence-electron chi connectivity index (χ0n) is 15.6. The standard InChI is InChI=1S/C22H16F4N4/c23-18-8-5-15(6-9-18)13-30-14-16(19-3-1-2-4-20(19)30)11-28-29-21-10-7-17(12-27-21)22(24,25)26/h1-12,14H,13H2,(H,27,29)/b28-11-. The van der Waals surface area contributed by atoms with Gasteiger partial charge in [-0.1, -0.05) is 30.3 Å². The third kappa shape index (κ3) is 4.32. The summed E-state index contributed by atoms with van der Waals surface area (Å²) in [6, 6.07) is 16.2. The Labute approximate surface area is 169 Å². The van der Waals surface area contributed by atoms with Crippen molar-refractivity contribution >= 4 is 22.9 Å². The summed E-state index contributed by atoms with van der Waals surface area (Å²) in [6.07, 6.45) is -0.171. The molecule has 0 saturated heterocycles. The van der Waals surface area contributed by atoms with Crippen LogP contribution in [0.4, 0.5) is 23.4 Å². The van der Waals surface area contributed by atoms with E-state index in [9.17, 15) is 17.6 Å². The van der Waals surface area contributed by atoms with Crippen molar-refractivity contribution in [3.8, 4) is 0 Å². The minimum atomic E-state index is -4.43. The van der Waals surface area contributed by atoms with Crippen LogP contribution in [0.2, 0.25) is 0 Å². The molecule has 0 bridgehead atoms. The Morgan fingerprint density at radius 2 is 1.77 bits per heavy atom.